The van der Waals surface area contributed by atoms with Crippen LogP contribution in [0.5, 0.6) is 0 Å². The lowest BCUT2D eigenvalue weighted by atomic mass is 10.1. The van der Waals surface area contributed by atoms with E-state index in [9.17, 15) is 4.79 Å². The highest BCUT2D eigenvalue weighted by Gasteiger charge is 2.19. The van der Waals surface area contributed by atoms with E-state index in [-0.39, 0.29) is 5.91 Å². The molecule has 1 aromatic carbocycles. The number of aryl methyl sites for hydroxylation is 1. The zero-order valence-electron chi connectivity index (χ0n) is 17.5. The van der Waals surface area contributed by atoms with Gasteiger partial charge in [0.2, 0.25) is 0 Å². The molecule has 1 N–H and O–H groups in total. The summed E-state index contributed by atoms with van der Waals surface area (Å²) in [6.07, 6.45) is 1.73. The second-order valence-electron chi connectivity index (χ2n) is 7.68. The Morgan fingerprint density at radius 2 is 2.03 bits per heavy atom. The number of furan rings is 1. The van der Waals surface area contributed by atoms with Gasteiger partial charge < -0.3 is 9.15 Å². The van der Waals surface area contributed by atoms with Crippen molar-refractivity contribution in [2.24, 2.45) is 0 Å². The van der Waals surface area contributed by atoms with E-state index in [1.54, 1.807) is 16.9 Å². The van der Waals surface area contributed by atoms with Crippen LogP contribution in [-0.4, -0.2) is 52.0 Å². The molecular formula is C23H22ClN5O3. The summed E-state index contributed by atoms with van der Waals surface area (Å²) in [4.78, 5) is 17.0. The van der Waals surface area contributed by atoms with Crippen LogP contribution >= 0.6 is 11.6 Å². The van der Waals surface area contributed by atoms with Gasteiger partial charge in [-0.15, -0.1) is 0 Å². The first-order chi connectivity index (χ1) is 15.6. The number of halogens is 1. The first-order valence-electron chi connectivity index (χ1n) is 10.4. The minimum absolute atomic E-state index is 0.236. The molecule has 5 rings (SSSR count). The maximum absolute atomic E-state index is 12.6. The van der Waals surface area contributed by atoms with E-state index in [4.69, 9.17) is 20.8 Å². The molecule has 1 fully saturated rings. The van der Waals surface area contributed by atoms with Crippen LogP contribution in [0, 0.1) is 6.92 Å². The van der Waals surface area contributed by atoms with Crippen LogP contribution in [0.25, 0.3) is 22.4 Å². The van der Waals surface area contributed by atoms with Gasteiger partial charge in [0.25, 0.3) is 5.91 Å². The molecule has 1 saturated heterocycles. The van der Waals surface area contributed by atoms with Crippen molar-refractivity contribution in [3.05, 3.63) is 70.6 Å². The van der Waals surface area contributed by atoms with Crippen molar-refractivity contribution >= 4 is 28.5 Å². The Bertz CT molecular complexity index is 1260. The fourth-order valence-corrected chi connectivity index (χ4v) is 4.01. The monoisotopic (exact) mass is 451 g/mol. The summed E-state index contributed by atoms with van der Waals surface area (Å²) in [7, 11) is 0. The SMILES string of the molecule is Cc1cc(C(=O)NN2CCOCC2)nn1Cc1cc(Cl)cc2cc(-c3ccccn3)oc12. The van der Waals surface area contributed by atoms with Crippen LogP contribution in [-0.2, 0) is 11.3 Å². The van der Waals surface area contributed by atoms with Gasteiger partial charge in [-0.3, -0.25) is 19.9 Å². The lowest BCUT2D eigenvalue weighted by Crippen LogP contribution is -2.48. The molecule has 0 unspecified atom stereocenters. The number of carbonyl (C=O) groups excluding carboxylic acids is 1. The first kappa shape index (κ1) is 20.7. The molecule has 0 saturated carbocycles. The molecule has 3 aromatic heterocycles. The van der Waals surface area contributed by atoms with E-state index in [1.807, 2.05) is 48.3 Å². The molecule has 0 spiro atoms. The van der Waals surface area contributed by atoms with Gasteiger partial charge in [-0.2, -0.15) is 5.10 Å². The number of ether oxygens (including phenoxy) is 1. The number of nitrogens with one attached hydrogen (secondary N) is 1. The highest BCUT2D eigenvalue weighted by Crippen LogP contribution is 2.32. The molecule has 4 aromatic rings. The molecule has 164 valence electrons. The molecule has 1 amide bonds. The zero-order valence-corrected chi connectivity index (χ0v) is 18.3. The molecule has 1 aliphatic heterocycles. The number of pyridine rings is 1. The number of nitrogens with zero attached hydrogens (tertiary/aromatic N) is 4. The number of amides is 1. The normalized spacial score (nSPS) is 14.7. The molecule has 8 nitrogen and oxygen atoms in total. The van der Waals surface area contributed by atoms with Crippen molar-refractivity contribution in [3.8, 4) is 11.5 Å². The quantitative estimate of drug-likeness (QED) is 0.498. The van der Waals surface area contributed by atoms with Crippen molar-refractivity contribution in [2.45, 2.75) is 13.5 Å². The summed E-state index contributed by atoms with van der Waals surface area (Å²) in [6, 6.07) is 13.1. The number of hydrogen-bond acceptors (Lipinski definition) is 6. The van der Waals surface area contributed by atoms with Crippen LogP contribution in [0.4, 0.5) is 0 Å². The minimum atomic E-state index is -0.236. The van der Waals surface area contributed by atoms with Gasteiger partial charge in [0.05, 0.1) is 19.8 Å². The number of carbonyl (C=O) groups is 1. The summed E-state index contributed by atoms with van der Waals surface area (Å²) in [5.74, 6) is 0.437. The molecule has 0 atom stereocenters. The van der Waals surface area contributed by atoms with Crippen LogP contribution in [0.3, 0.4) is 0 Å². The van der Waals surface area contributed by atoms with Crippen molar-refractivity contribution < 1.29 is 13.9 Å². The minimum Gasteiger partial charge on any atom is -0.454 e. The van der Waals surface area contributed by atoms with E-state index >= 15 is 0 Å². The predicted molar refractivity (Wildman–Crippen MR) is 120 cm³/mol. The molecule has 0 radical (unpaired) electrons. The smallest absolute Gasteiger partial charge is 0.286 e. The van der Waals surface area contributed by atoms with Crippen LogP contribution in [0.2, 0.25) is 5.02 Å². The number of fused-ring (bicyclic) bond motifs is 1. The molecule has 4 heterocycles. The molecule has 1 aliphatic rings. The Kier molecular flexibility index (Phi) is 5.65. The van der Waals surface area contributed by atoms with Gasteiger partial charge in [-0.25, -0.2) is 5.01 Å². The second kappa shape index (κ2) is 8.74. The third kappa shape index (κ3) is 4.25. The highest BCUT2D eigenvalue weighted by molar-refractivity contribution is 6.31. The van der Waals surface area contributed by atoms with Crippen molar-refractivity contribution in [2.75, 3.05) is 26.3 Å². The number of hydrogen-bond donors (Lipinski definition) is 1. The van der Waals surface area contributed by atoms with Crippen molar-refractivity contribution in [1.82, 2.24) is 25.2 Å². The largest absolute Gasteiger partial charge is 0.454 e. The van der Waals surface area contributed by atoms with Gasteiger partial charge in [0, 0.05) is 41.0 Å². The Labute approximate surface area is 189 Å². The van der Waals surface area contributed by atoms with Crippen LogP contribution < -0.4 is 5.43 Å². The van der Waals surface area contributed by atoms with Gasteiger partial charge in [-0.05, 0) is 43.3 Å². The third-order valence-electron chi connectivity index (χ3n) is 5.38. The maximum atomic E-state index is 12.6. The van der Waals surface area contributed by atoms with E-state index in [2.05, 4.69) is 15.5 Å². The summed E-state index contributed by atoms with van der Waals surface area (Å²) in [5, 5.41) is 7.87. The second-order valence-corrected chi connectivity index (χ2v) is 8.11. The van der Waals surface area contributed by atoms with E-state index < -0.39 is 0 Å². The summed E-state index contributed by atoms with van der Waals surface area (Å²) < 4.78 is 13.2. The molecule has 0 bridgehead atoms. The molecular weight excluding hydrogens is 430 g/mol. The fraction of sp³-hybridized carbons (Fsp3) is 0.261. The molecule has 9 heteroatoms. The number of aromatic nitrogens is 3. The van der Waals surface area contributed by atoms with Gasteiger partial charge in [-0.1, -0.05) is 17.7 Å². The number of benzene rings is 1. The van der Waals surface area contributed by atoms with Crippen molar-refractivity contribution in [1.29, 1.82) is 0 Å². The Hall–Kier alpha value is -3.20. The average molecular weight is 452 g/mol. The van der Waals surface area contributed by atoms with Gasteiger partial charge in [0.15, 0.2) is 11.5 Å². The standard InChI is InChI=1S/C23H22ClN5O3/c1-15-10-20(23(30)27-28-6-8-31-9-7-28)26-29(15)14-17-12-18(24)11-16-13-21(32-22(16)17)19-4-2-3-5-25-19/h2-5,10-13H,6-9,14H2,1H3,(H,27,30). The summed E-state index contributed by atoms with van der Waals surface area (Å²) in [6.45, 7) is 4.85. The summed E-state index contributed by atoms with van der Waals surface area (Å²) in [5.41, 5.74) is 6.47. The fourth-order valence-electron chi connectivity index (χ4n) is 3.76. The summed E-state index contributed by atoms with van der Waals surface area (Å²) >= 11 is 6.38. The van der Waals surface area contributed by atoms with E-state index in [0.29, 0.717) is 49.3 Å². The Morgan fingerprint density at radius 1 is 1.19 bits per heavy atom. The van der Waals surface area contributed by atoms with E-state index in [0.717, 1.165) is 27.9 Å². The molecule has 0 aliphatic carbocycles. The lowest BCUT2D eigenvalue weighted by Gasteiger charge is -2.26. The topological polar surface area (TPSA) is 85.4 Å². The first-order valence-corrected chi connectivity index (χ1v) is 10.8. The van der Waals surface area contributed by atoms with Crippen LogP contribution in [0.1, 0.15) is 21.7 Å². The zero-order chi connectivity index (χ0) is 22.1. The molecule has 32 heavy (non-hydrogen) atoms. The van der Waals surface area contributed by atoms with Crippen molar-refractivity contribution in [3.63, 3.8) is 0 Å². The Balaban J connectivity index is 1.42. The Morgan fingerprint density at radius 3 is 2.81 bits per heavy atom. The average Bonchev–Trinajstić information content (AvgIpc) is 3.39. The van der Waals surface area contributed by atoms with E-state index in [1.165, 1.54) is 0 Å². The van der Waals surface area contributed by atoms with Gasteiger partial charge in [0.1, 0.15) is 11.3 Å². The highest BCUT2D eigenvalue weighted by atomic mass is 35.5. The maximum Gasteiger partial charge on any atom is 0.286 e. The lowest BCUT2D eigenvalue weighted by molar-refractivity contribution is 0.0124. The third-order valence-corrected chi connectivity index (χ3v) is 5.60. The number of morpholine rings is 1. The van der Waals surface area contributed by atoms with Gasteiger partial charge >= 0.3 is 0 Å². The predicted octanol–water partition coefficient (Wildman–Crippen LogP) is 3.68. The van der Waals surface area contributed by atoms with Crippen LogP contribution in [0.15, 0.2) is 53.1 Å². The number of hydrazine groups is 1. The number of rotatable bonds is 5.